The van der Waals surface area contributed by atoms with Crippen LogP contribution in [0.1, 0.15) is 58.1 Å². The summed E-state index contributed by atoms with van der Waals surface area (Å²) in [6, 6.07) is 19.0. The molecule has 2 aliphatic rings. The van der Waals surface area contributed by atoms with E-state index >= 15 is 0 Å². The molecule has 32 heavy (non-hydrogen) atoms. The number of nitrogens with zero attached hydrogens (tertiary/aromatic N) is 2. The Morgan fingerprint density at radius 3 is 2.59 bits per heavy atom. The number of benzene rings is 2. The summed E-state index contributed by atoms with van der Waals surface area (Å²) >= 11 is 1.54. The average molecular weight is 444 g/mol. The zero-order valence-corrected chi connectivity index (χ0v) is 19.5. The first-order valence-corrected chi connectivity index (χ1v) is 12.3. The van der Waals surface area contributed by atoms with Gasteiger partial charge in [0.25, 0.3) is 0 Å². The maximum absolute atomic E-state index is 13.0. The maximum Gasteiger partial charge on any atom is 0.192 e. The summed E-state index contributed by atoms with van der Waals surface area (Å²) in [6.45, 7) is 5.12. The van der Waals surface area contributed by atoms with Gasteiger partial charge in [-0.3, -0.25) is 4.79 Å². The van der Waals surface area contributed by atoms with Gasteiger partial charge in [0, 0.05) is 40.2 Å². The van der Waals surface area contributed by atoms with Gasteiger partial charge in [0.1, 0.15) is 0 Å². The standard InChI is InChI=1S/C27H29N3OS/c1-17-11-18(2)30-27(29-17)32-23-8-3-5-20(12-23)13-26(31)22-7-4-6-21(14-22)24-15-25(24)28-16-19-9-10-19/h3-8,11-12,14,19,24-25,28H,9-10,13,15-16H2,1-2H3. The number of ketones is 1. The van der Waals surface area contributed by atoms with Crippen molar-refractivity contribution in [3.8, 4) is 0 Å². The molecule has 1 heterocycles. The lowest BCUT2D eigenvalue weighted by atomic mass is 9.99. The molecule has 0 bridgehead atoms. The molecule has 2 aromatic carbocycles. The molecule has 4 nitrogen and oxygen atoms in total. The number of hydrogen-bond acceptors (Lipinski definition) is 5. The number of aromatic nitrogens is 2. The van der Waals surface area contributed by atoms with Crippen molar-refractivity contribution in [2.24, 2.45) is 5.92 Å². The van der Waals surface area contributed by atoms with Crippen LogP contribution in [0.15, 0.2) is 64.6 Å². The fraction of sp³-hybridized carbons (Fsp3) is 0.370. The first kappa shape index (κ1) is 21.4. The first-order chi connectivity index (χ1) is 15.5. The van der Waals surface area contributed by atoms with E-state index in [0.29, 0.717) is 18.4 Å². The molecule has 0 aliphatic heterocycles. The van der Waals surface area contributed by atoms with Crippen LogP contribution in [0.2, 0.25) is 0 Å². The van der Waals surface area contributed by atoms with Crippen LogP contribution < -0.4 is 5.32 Å². The van der Waals surface area contributed by atoms with Gasteiger partial charge in [0.15, 0.2) is 10.9 Å². The molecule has 2 unspecified atom stereocenters. The molecule has 164 valence electrons. The van der Waals surface area contributed by atoms with Crippen LogP contribution in [-0.2, 0) is 6.42 Å². The first-order valence-electron chi connectivity index (χ1n) is 11.5. The number of nitrogens with one attached hydrogen (secondary N) is 1. The van der Waals surface area contributed by atoms with Crippen molar-refractivity contribution >= 4 is 17.5 Å². The van der Waals surface area contributed by atoms with Crippen LogP contribution in [0.25, 0.3) is 0 Å². The zero-order valence-electron chi connectivity index (χ0n) is 18.7. The lowest BCUT2D eigenvalue weighted by Gasteiger charge is -2.08. The molecule has 2 aliphatic carbocycles. The number of carbonyl (C=O) groups is 1. The minimum atomic E-state index is 0.166. The largest absolute Gasteiger partial charge is 0.313 e. The van der Waals surface area contributed by atoms with Gasteiger partial charge >= 0.3 is 0 Å². The van der Waals surface area contributed by atoms with Crippen LogP contribution in [0.4, 0.5) is 0 Å². The summed E-state index contributed by atoms with van der Waals surface area (Å²) in [5.41, 5.74) is 5.05. The number of aryl methyl sites for hydroxylation is 2. The van der Waals surface area contributed by atoms with Crippen molar-refractivity contribution in [1.82, 2.24) is 15.3 Å². The highest BCUT2D eigenvalue weighted by molar-refractivity contribution is 7.99. The van der Waals surface area contributed by atoms with E-state index in [-0.39, 0.29) is 5.78 Å². The van der Waals surface area contributed by atoms with Gasteiger partial charge in [0.05, 0.1) is 0 Å². The normalized spacial score (nSPS) is 19.7. The quantitative estimate of drug-likeness (QED) is 0.348. The number of Topliss-reactive ketones (excluding diaryl/α,β-unsaturated/α-hetero) is 1. The highest BCUT2D eigenvalue weighted by atomic mass is 32.2. The SMILES string of the molecule is Cc1cc(C)nc(Sc2cccc(CC(=O)c3cccc(C4CC4NCC4CC4)c3)c2)n1. The summed E-state index contributed by atoms with van der Waals surface area (Å²) in [5, 5.41) is 4.43. The summed E-state index contributed by atoms with van der Waals surface area (Å²) < 4.78 is 0. The van der Waals surface area contributed by atoms with Crippen LogP contribution >= 0.6 is 11.8 Å². The second-order valence-corrected chi connectivity index (χ2v) is 10.2. The van der Waals surface area contributed by atoms with Gasteiger partial charge in [-0.1, -0.05) is 30.3 Å². The van der Waals surface area contributed by atoms with Crippen molar-refractivity contribution in [2.45, 2.75) is 61.5 Å². The van der Waals surface area contributed by atoms with Crippen LogP contribution in [0.3, 0.4) is 0 Å². The summed E-state index contributed by atoms with van der Waals surface area (Å²) in [6.07, 6.45) is 4.35. The minimum absolute atomic E-state index is 0.166. The van der Waals surface area contributed by atoms with E-state index in [2.05, 4.69) is 33.5 Å². The summed E-state index contributed by atoms with van der Waals surface area (Å²) in [4.78, 5) is 23.1. The summed E-state index contributed by atoms with van der Waals surface area (Å²) in [7, 11) is 0. The third-order valence-corrected chi connectivity index (χ3v) is 7.08. The molecule has 1 N–H and O–H groups in total. The Bertz CT molecular complexity index is 1120. The van der Waals surface area contributed by atoms with Crippen LogP contribution in [0, 0.1) is 19.8 Å². The molecular weight excluding hydrogens is 414 g/mol. The molecule has 5 rings (SSSR count). The fourth-order valence-electron chi connectivity index (χ4n) is 4.22. The van der Waals surface area contributed by atoms with Gasteiger partial charge in [-0.2, -0.15) is 0 Å². The molecule has 3 aromatic rings. The van der Waals surface area contributed by atoms with Gasteiger partial charge in [-0.25, -0.2) is 9.97 Å². The third kappa shape index (κ3) is 5.45. The molecule has 0 amide bonds. The highest BCUT2D eigenvalue weighted by Crippen LogP contribution is 2.42. The summed E-state index contributed by atoms with van der Waals surface area (Å²) in [5.74, 6) is 1.62. The molecule has 2 atom stereocenters. The molecule has 0 radical (unpaired) electrons. The van der Waals surface area contributed by atoms with E-state index in [0.717, 1.165) is 45.0 Å². The van der Waals surface area contributed by atoms with Crippen molar-refractivity contribution < 1.29 is 4.79 Å². The monoisotopic (exact) mass is 443 g/mol. The van der Waals surface area contributed by atoms with Crippen molar-refractivity contribution in [3.05, 3.63) is 82.7 Å². The smallest absolute Gasteiger partial charge is 0.192 e. The van der Waals surface area contributed by atoms with E-state index in [1.165, 1.54) is 36.6 Å². The Balaban J connectivity index is 1.23. The average Bonchev–Trinajstić information content (AvgIpc) is 3.67. The second kappa shape index (κ2) is 9.16. The van der Waals surface area contributed by atoms with Gasteiger partial charge in [-0.05, 0) is 92.7 Å². The zero-order chi connectivity index (χ0) is 22.1. The highest BCUT2D eigenvalue weighted by Gasteiger charge is 2.39. The van der Waals surface area contributed by atoms with E-state index in [9.17, 15) is 4.79 Å². The van der Waals surface area contributed by atoms with Gasteiger partial charge in [-0.15, -0.1) is 0 Å². The van der Waals surface area contributed by atoms with Crippen molar-refractivity contribution in [2.75, 3.05) is 6.54 Å². The lowest BCUT2D eigenvalue weighted by Crippen LogP contribution is -2.20. The van der Waals surface area contributed by atoms with Crippen LogP contribution in [-0.4, -0.2) is 28.3 Å². The lowest BCUT2D eigenvalue weighted by molar-refractivity contribution is 0.0993. The van der Waals surface area contributed by atoms with E-state index in [1.54, 1.807) is 0 Å². The molecular formula is C27H29N3OS. The maximum atomic E-state index is 13.0. The molecule has 5 heteroatoms. The Kier molecular flexibility index (Phi) is 6.11. The third-order valence-electron chi connectivity index (χ3n) is 6.23. The van der Waals surface area contributed by atoms with Crippen molar-refractivity contribution in [3.63, 3.8) is 0 Å². The van der Waals surface area contributed by atoms with Crippen LogP contribution in [0.5, 0.6) is 0 Å². The molecule has 2 saturated carbocycles. The van der Waals surface area contributed by atoms with E-state index < -0.39 is 0 Å². The van der Waals surface area contributed by atoms with Gasteiger partial charge in [0.2, 0.25) is 0 Å². The second-order valence-electron chi connectivity index (χ2n) is 9.21. The predicted octanol–water partition coefficient (Wildman–Crippen LogP) is 5.53. The Morgan fingerprint density at radius 2 is 1.81 bits per heavy atom. The fourth-order valence-corrected chi connectivity index (χ4v) is 5.17. The number of carbonyl (C=O) groups excluding carboxylic acids is 1. The Labute approximate surface area is 194 Å². The number of hydrogen-bond donors (Lipinski definition) is 1. The molecule has 0 spiro atoms. The minimum Gasteiger partial charge on any atom is -0.313 e. The number of rotatable bonds is 9. The molecule has 1 aromatic heterocycles. The topological polar surface area (TPSA) is 54.9 Å². The Morgan fingerprint density at radius 1 is 1.03 bits per heavy atom. The Hall–Kier alpha value is -2.50. The molecule has 2 fully saturated rings. The van der Waals surface area contributed by atoms with Gasteiger partial charge < -0.3 is 5.32 Å². The predicted molar refractivity (Wildman–Crippen MR) is 128 cm³/mol. The van der Waals surface area contributed by atoms with Crippen molar-refractivity contribution in [1.29, 1.82) is 0 Å². The van der Waals surface area contributed by atoms with E-state index in [1.807, 2.05) is 50.2 Å². The van der Waals surface area contributed by atoms with E-state index in [4.69, 9.17) is 0 Å². The molecule has 0 saturated heterocycles.